The standard InChI is InChI=1S/C16H22N6O/c1-12-7-9-13(10-8-12)18-16(23)17-11-15-19-20-21-22(15)14-5-3-2-4-6-14/h7-10,14H,2-6,11H2,1H3,(H2,17,18,23). The van der Waals surface area contributed by atoms with Crippen molar-refractivity contribution in [3.8, 4) is 0 Å². The Labute approximate surface area is 135 Å². The van der Waals surface area contributed by atoms with Crippen LogP contribution >= 0.6 is 0 Å². The van der Waals surface area contributed by atoms with Crippen molar-refractivity contribution in [1.82, 2.24) is 25.5 Å². The number of urea groups is 1. The zero-order chi connectivity index (χ0) is 16.1. The molecule has 122 valence electrons. The number of nitrogens with zero attached hydrogens (tertiary/aromatic N) is 4. The van der Waals surface area contributed by atoms with Crippen LogP contribution in [0.2, 0.25) is 0 Å². The van der Waals surface area contributed by atoms with E-state index in [-0.39, 0.29) is 6.03 Å². The maximum absolute atomic E-state index is 12.0. The van der Waals surface area contributed by atoms with Crippen LogP contribution in [0, 0.1) is 6.92 Å². The van der Waals surface area contributed by atoms with Gasteiger partial charge in [-0.05, 0) is 42.3 Å². The van der Waals surface area contributed by atoms with Gasteiger partial charge in [0.25, 0.3) is 0 Å². The number of rotatable bonds is 4. The van der Waals surface area contributed by atoms with E-state index in [1.165, 1.54) is 19.3 Å². The summed E-state index contributed by atoms with van der Waals surface area (Å²) in [5, 5.41) is 17.5. The maximum atomic E-state index is 12.0. The minimum absolute atomic E-state index is 0.257. The Kier molecular flexibility index (Phi) is 4.85. The summed E-state index contributed by atoms with van der Waals surface area (Å²) in [7, 11) is 0. The van der Waals surface area contributed by atoms with Gasteiger partial charge in [-0.25, -0.2) is 9.48 Å². The molecule has 23 heavy (non-hydrogen) atoms. The van der Waals surface area contributed by atoms with Crippen LogP contribution in [0.5, 0.6) is 0 Å². The van der Waals surface area contributed by atoms with Gasteiger partial charge < -0.3 is 10.6 Å². The molecule has 1 saturated carbocycles. The number of hydrogen-bond donors (Lipinski definition) is 2. The van der Waals surface area contributed by atoms with Crippen LogP contribution in [-0.2, 0) is 6.54 Å². The Bertz CT molecular complexity index is 645. The first-order valence-electron chi connectivity index (χ1n) is 8.10. The number of nitrogens with one attached hydrogen (secondary N) is 2. The van der Waals surface area contributed by atoms with E-state index >= 15 is 0 Å². The van der Waals surface area contributed by atoms with Crippen molar-refractivity contribution in [2.75, 3.05) is 5.32 Å². The average molecular weight is 314 g/mol. The van der Waals surface area contributed by atoms with E-state index in [1.807, 2.05) is 35.9 Å². The maximum Gasteiger partial charge on any atom is 0.319 e. The summed E-state index contributed by atoms with van der Waals surface area (Å²) in [6.07, 6.45) is 5.92. The average Bonchev–Trinajstić information content (AvgIpc) is 3.04. The van der Waals surface area contributed by atoms with Gasteiger partial charge in [0.15, 0.2) is 5.82 Å². The molecule has 0 spiro atoms. The number of aromatic nitrogens is 4. The molecule has 7 nitrogen and oxygen atoms in total. The Morgan fingerprint density at radius 1 is 1.22 bits per heavy atom. The van der Waals surface area contributed by atoms with Crippen LogP contribution in [0.1, 0.15) is 49.5 Å². The molecule has 2 aromatic rings. The Morgan fingerprint density at radius 3 is 2.70 bits per heavy atom. The van der Waals surface area contributed by atoms with Crippen molar-refractivity contribution in [2.24, 2.45) is 0 Å². The first-order chi connectivity index (χ1) is 11.2. The lowest BCUT2D eigenvalue weighted by atomic mass is 9.96. The summed E-state index contributed by atoms with van der Waals surface area (Å²) in [5.41, 5.74) is 1.92. The van der Waals surface area contributed by atoms with E-state index < -0.39 is 0 Å². The Hall–Kier alpha value is -2.44. The number of carbonyl (C=O) groups excluding carboxylic acids is 1. The van der Waals surface area contributed by atoms with Crippen molar-refractivity contribution >= 4 is 11.7 Å². The van der Waals surface area contributed by atoms with Gasteiger partial charge in [-0.15, -0.1) is 5.10 Å². The third-order valence-electron chi connectivity index (χ3n) is 4.20. The van der Waals surface area contributed by atoms with E-state index in [9.17, 15) is 4.79 Å². The van der Waals surface area contributed by atoms with Gasteiger partial charge in [0.1, 0.15) is 0 Å². The van der Waals surface area contributed by atoms with Crippen LogP contribution in [0.25, 0.3) is 0 Å². The first kappa shape index (κ1) is 15.5. The summed E-state index contributed by atoms with van der Waals surface area (Å²) < 4.78 is 1.87. The Morgan fingerprint density at radius 2 is 1.96 bits per heavy atom. The zero-order valence-corrected chi connectivity index (χ0v) is 13.3. The predicted octanol–water partition coefficient (Wildman–Crippen LogP) is 2.81. The van der Waals surface area contributed by atoms with Crippen LogP contribution in [-0.4, -0.2) is 26.2 Å². The number of anilines is 1. The molecule has 1 aliphatic rings. The summed E-state index contributed by atoms with van der Waals surface area (Å²) in [4.78, 5) is 12.0. The number of amides is 2. The lowest BCUT2D eigenvalue weighted by molar-refractivity contribution is 0.250. The molecule has 0 bridgehead atoms. The van der Waals surface area contributed by atoms with Gasteiger partial charge in [-0.3, -0.25) is 0 Å². The molecule has 1 heterocycles. The van der Waals surface area contributed by atoms with Gasteiger partial charge in [0.2, 0.25) is 0 Å². The smallest absolute Gasteiger partial charge is 0.319 e. The molecular weight excluding hydrogens is 292 g/mol. The predicted molar refractivity (Wildman–Crippen MR) is 87.0 cm³/mol. The molecule has 7 heteroatoms. The lowest BCUT2D eigenvalue weighted by Crippen LogP contribution is -2.30. The normalized spacial score (nSPS) is 15.3. The highest BCUT2D eigenvalue weighted by molar-refractivity contribution is 5.89. The molecule has 0 unspecified atom stereocenters. The van der Waals surface area contributed by atoms with Gasteiger partial charge in [0.05, 0.1) is 12.6 Å². The molecule has 0 radical (unpaired) electrons. The molecule has 0 saturated heterocycles. The molecule has 1 fully saturated rings. The molecule has 0 atom stereocenters. The Balaban J connectivity index is 1.55. The van der Waals surface area contributed by atoms with Crippen molar-refractivity contribution in [3.63, 3.8) is 0 Å². The largest absolute Gasteiger partial charge is 0.331 e. The molecule has 2 N–H and O–H groups in total. The van der Waals surface area contributed by atoms with E-state index in [4.69, 9.17) is 0 Å². The topological polar surface area (TPSA) is 84.7 Å². The van der Waals surface area contributed by atoms with Crippen LogP contribution in [0.15, 0.2) is 24.3 Å². The monoisotopic (exact) mass is 314 g/mol. The minimum Gasteiger partial charge on any atom is -0.331 e. The molecule has 1 aromatic heterocycles. The fourth-order valence-corrected chi connectivity index (χ4v) is 2.91. The lowest BCUT2D eigenvalue weighted by Gasteiger charge is -2.22. The van der Waals surface area contributed by atoms with Crippen molar-refractivity contribution in [3.05, 3.63) is 35.7 Å². The minimum atomic E-state index is -0.257. The fourth-order valence-electron chi connectivity index (χ4n) is 2.91. The quantitative estimate of drug-likeness (QED) is 0.908. The third kappa shape index (κ3) is 4.06. The molecule has 1 aromatic carbocycles. The van der Waals surface area contributed by atoms with Gasteiger partial charge >= 0.3 is 6.03 Å². The molecule has 3 rings (SSSR count). The molecular formula is C16H22N6O. The second-order valence-corrected chi connectivity index (χ2v) is 6.01. The van der Waals surface area contributed by atoms with Crippen molar-refractivity contribution < 1.29 is 4.79 Å². The van der Waals surface area contributed by atoms with Crippen LogP contribution < -0.4 is 10.6 Å². The van der Waals surface area contributed by atoms with Gasteiger partial charge in [-0.1, -0.05) is 37.0 Å². The highest BCUT2D eigenvalue weighted by Gasteiger charge is 2.20. The van der Waals surface area contributed by atoms with Crippen molar-refractivity contribution in [1.29, 1.82) is 0 Å². The zero-order valence-electron chi connectivity index (χ0n) is 13.3. The second-order valence-electron chi connectivity index (χ2n) is 6.01. The summed E-state index contributed by atoms with van der Waals surface area (Å²) >= 11 is 0. The van der Waals surface area contributed by atoms with E-state index in [0.29, 0.717) is 18.4 Å². The van der Waals surface area contributed by atoms with Crippen LogP contribution in [0.3, 0.4) is 0 Å². The molecule has 0 aliphatic heterocycles. The number of carbonyl (C=O) groups is 1. The summed E-state index contributed by atoms with van der Waals surface area (Å²) in [6.45, 7) is 2.33. The second kappa shape index (κ2) is 7.21. The SMILES string of the molecule is Cc1ccc(NC(=O)NCc2nnnn2C2CCCCC2)cc1. The van der Waals surface area contributed by atoms with E-state index in [0.717, 1.165) is 24.1 Å². The number of hydrogen-bond acceptors (Lipinski definition) is 4. The van der Waals surface area contributed by atoms with E-state index in [2.05, 4.69) is 26.2 Å². The molecule has 2 amide bonds. The van der Waals surface area contributed by atoms with Gasteiger partial charge in [-0.2, -0.15) is 0 Å². The summed E-state index contributed by atoms with van der Waals surface area (Å²) in [6, 6.07) is 7.77. The number of benzene rings is 1. The van der Waals surface area contributed by atoms with Crippen molar-refractivity contribution in [2.45, 2.75) is 51.6 Å². The van der Waals surface area contributed by atoms with E-state index in [1.54, 1.807) is 0 Å². The number of tetrazole rings is 1. The van der Waals surface area contributed by atoms with Gasteiger partial charge in [0, 0.05) is 5.69 Å². The summed E-state index contributed by atoms with van der Waals surface area (Å²) in [5.74, 6) is 0.705. The van der Waals surface area contributed by atoms with Crippen LogP contribution in [0.4, 0.5) is 10.5 Å². The highest BCUT2D eigenvalue weighted by Crippen LogP contribution is 2.27. The first-order valence-corrected chi connectivity index (χ1v) is 8.10. The number of aryl methyl sites for hydroxylation is 1. The third-order valence-corrected chi connectivity index (χ3v) is 4.20. The molecule has 1 aliphatic carbocycles. The highest BCUT2D eigenvalue weighted by atomic mass is 16.2. The fraction of sp³-hybridized carbons (Fsp3) is 0.500.